The third-order valence-electron chi connectivity index (χ3n) is 4.14. The number of benzene rings is 2. The van der Waals surface area contributed by atoms with Crippen LogP contribution in [-0.2, 0) is 10.2 Å². The molecule has 6 heteroatoms. The molecule has 2 aromatic rings. The highest BCUT2D eigenvalue weighted by molar-refractivity contribution is 14.1. The quantitative estimate of drug-likeness (QED) is 0.349. The van der Waals surface area contributed by atoms with Crippen LogP contribution in [0.3, 0.4) is 0 Å². The molecular formula is C19H18ClIN2O2. The van der Waals surface area contributed by atoms with Gasteiger partial charge in [0.2, 0.25) is 0 Å². The molecule has 0 amide bonds. The summed E-state index contributed by atoms with van der Waals surface area (Å²) in [5.74, 6) is -1.04. The third kappa shape index (κ3) is 3.40. The monoisotopic (exact) mass is 468 g/mol. The van der Waals surface area contributed by atoms with Crippen molar-refractivity contribution >= 4 is 62.9 Å². The minimum atomic E-state index is -1.04. The van der Waals surface area contributed by atoms with E-state index in [0.29, 0.717) is 10.7 Å². The molecule has 0 spiro atoms. The molecule has 1 aliphatic rings. The molecule has 0 bridgehead atoms. The maximum absolute atomic E-state index is 11.6. The van der Waals surface area contributed by atoms with Crippen LogP contribution in [0.15, 0.2) is 47.5 Å². The SMILES string of the molecule is CC(C)(C)c1ccc(N2c3cccc(Cl)c3N=C(C(=O)O)C2I)cc1. The number of anilines is 2. The number of nitrogens with zero attached hydrogens (tertiary/aromatic N) is 2. The van der Waals surface area contributed by atoms with Crippen molar-refractivity contribution < 1.29 is 9.90 Å². The number of carboxylic acids is 1. The minimum Gasteiger partial charge on any atom is -0.477 e. The van der Waals surface area contributed by atoms with Gasteiger partial charge in [0, 0.05) is 5.69 Å². The molecule has 0 saturated heterocycles. The lowest BCUT2D eigenvalue weighted by atomic mass is 9.87. The summed E-state index contributed by atoms with van der Waals surface area (Å²) in [5.41, 5.74) is 3.55. The summed E-state index contributed by atoms with van der Waals surface area (Å²) in [4.78, 5) is 17.9. The molecule has 1 aliphatic heterocycles. The van der Waals surface area contributed by atoms with Crippen LogP contribution in [-0.4, -0.2) is 20.8 Å². The van der Waals surface area contributed by atoms with Crippen molar-refractivity contribution in [2.75, 3.05) is 4.90 Å². The van der Waals surface area contributed by atoms with Crippen LogP contribution >= 0.6 is 34.2 Å². The zero-order valence-electron chi connectivity index (χ0n) is 14.1. The second kappa shape index (κ2) is 6.61. The lowest BCUT2D eigenvalue weighted by Gasteiger charge is -2.34. The summed E-state index contributed by atoms with van der Waals surface area (Å²) in [5, 5.41) is 9.98. The maximum Gasteiger partial charge on any atom is 0.353 e. The van der Waals surface area contributed by atoms with Crippen molar-refractivity contribution in [3.8, 4) is 0 Å². The summed E-state index contributed by atoms with van der Waals surface area (Å²) >= 11 is 8.37. The Morgan fingerprint density at radius 2 is 1.84 bits per heavy atom. The van der Waals surface area contributed by atoms with Crippen LogP contribution in [0.5, 0.6) is 0 Å². The second-order valence-electron chi connectivity index (χ2n) is 6.91. The van der Waals surface area contributed by atoms with E-state index in [1.807, 2.05) is 29.2 Å². The van der Waals surface area contributed by atoms with Crippen LogP contribution in [0.4, 0.5) is 17.1 Å². The number of rotatable bonds is 2. The number of hydrogen-bond donors (Lipinski definition) is 1. The molecule has 130 valence electrons. The first-order valence-corrected chi connectivity index (χ1v) is 9.47. The van der Waals surface area contributed by atoms with Gasteiger partial charge < -0.3 is 10.0 Å². The Hall–Kier alpha value is -1.60. The first kappa shape index (κ1) is 18.2. The first-order valence-electron chi connectivity index (χ1n) is 7.84. The van der Waals surface area contributed by atoms with Gasteiger partial charge in [0.05, 0.1) is 10.7 Å². The second-order valence-corrected chi connectivity index (χ2v) is 8.50. The predicted octanol–water partition coefficient (Wildman–Crippen LogP) is 5.71. The molecule has 1 atom stereocenters. The third-order valence-corrected chi connectivity index (χ3v) is 5.59. The Kier molecular flexibility index (Phi) is 4.81. The number of aliphatic carboxylic acids is 1. The van der Waals surface area contributed by atoms with E-state index in [0.717, 1.165) is 11.4 Å². The highest BCUT2D eigenvalue weighted by Gasteiger charge is 2.34. The summed E-state index contributed by atoms with van der Waals surface area (Å²) in [6.07, 6.45) is 0. The highest BCUT2D eigenvalue weighted by atomic mass is 127. The molecule has 0 fully saturated rings. The molecule has 0 radical (unpaired) electrons. The van der Waals surface area contributed by atoms with Crippen LogP contribution in [0.2, 0.25) is 5.02 Å². The van der Waals surface area contributed by atoms with Crippen LogP contribution < -0.4 is 4.90 Å². The number of alkyl halides is 1. The van der Waals surface area contributed by atoms with E-state index in [1.165, 1.54) is 5.56 Å². The van der Waals surface area contributed by atoms with Gasteiger partial charge in [-0.25, -0.2) is 9.79 Å². The fraction of sp³-hybridized carbons (Fsp3) is 0.263. The molecule has 0 aromatic heterocycles. The van der Waals surface area contributed by atoms with Crippen molar-refractivity contribution in [2.24, 2.45) is 4.99 Å². The lowest BCUT2D eigenvalue weighted by molar-refractivity contribution is -0.129. The zero-order valence-corrected chi connectivity index (χ0v) is 17.0. The average Bonchev–Trinajstić information content (AvgIpc) is 2.54. The van der Waals surface area contributed by atoms with Crippen molar-refractivity contribution in [1.29, 1.82) is 0 Å². The van der Waals surface area contributed by atoms with Gasteiger partial charge in [-0.05, 0) is 35.2 Å². The number of carboxylic acid groups (broad SMARTS) is 1. The molecule has 2 aromatic carbocycles. The van der Waals surface area contributed by atoms with E-state index < -0.39 is 10.0 Å². The summed E-state index contributed by atoms with van der Waals surface area (Å²) in [6, 6.07) is 13.7. The fourth-order valence-electron chi connectivity index (χ4n) is 2.77. The number of aliphatic imine (C=N–C) groups is 1. The van der Waals surface area contributed by atoms with Gasteiger partial charge in [0.15, 0.2) is 5.71 Å². The maximum atomic E-state index is 11.6. The number of hydrogen-bond acceptors (Lipinski definition) is 3. The van der Waals surface area contributed by atoms with E-state index in [1.54, 1.807) is 6.07 Å². The van der Waals surface area contributed by atoms with E-state index in [2.05, 4.69) is 60.5 Å². The molecule has 0 saturated carbocycles. The van der Waals surface area contributed by atoms with Crippen LogP contribution in [0, 0.1) is 0 Å². The average molecular weight is 469 g/mol. The molecule has 3 rings (SSSR count). The number of halogens is 2. The van der Waals surface area contributed by atoms with Gasteiger partial charge in [-0.15, -0.1) is 0 Å². The fourth-order valence-corrected chi connectivity index (χ4v) is 4.01. The molecule has 1 unspecified atom stereocenters. The number of fused-ring (bicyclic) bond motifs is 1. The molecule has 1 N–H and O–H groups in total. The van der Waals surface area contributed by atoms with Crippen molar-refractivity contribution in [3.05, 3.63) is 53.1 Å². The summed E-state index contributed by atoms with van der Waals surface area (Å²) in [6.45, 7) is 6.48. The number of para-hydroxylation sites is 1. The number of carbonyl (C=O) groups is 1. The summed E-state index contributed by atoms with van der Waals surface area (Å²) < 4.78 is -0.429. The Bertz CT molecular complexity index is 857. The Labute approximate surface area is 165 Å². The van der Waals surface area contributed by atoms with Gasteiger partial charge in [0.1, 0.15) is 9.74 Å². The van der Waals surface area contributed by atoms with Crippen molar-refractivity contribution in [1.82, 2.24) is 0 Å². The van der Waals surface area contributed by atoms with Gasteiger partial charge in [-0.2, -0.15) is 0 Å². The first-order chi connectivity index (χ1) is 11.7. The Balaban J connectivity index is 2.14. The molecule has 4 nitrogen and oxygen atoms in total. The van der Waals surface area contributed by atoms with Crippen molar-refractivity contribution in [2.45, 2.75) is 30.2 Å². The molecule has 1 heterocycles. The van der Waals surface area contributed by atoms with E-state index in [-0.39, 0.29) is 11.1 Å². The van der Waals surface area contributed by atoms with Gasteiger partial charge in [-0.1, -0.05) is 73.2 Å². The van der Waals surface area contributed by atoms with E-state index in [4.69, 9.17) is 11.6 Å². The van der Waals surface area contributed by atoms with E-state index in [9.17, 15) is 9.90 Å². The molecular weight excluding hydrogens is 451 g/mol. The Morgan fingerprint density at radius 1 is 1.20 bits per heavy atom. The largest absolute Gasteiger partial charge is 0.477 e. The topological polar surface area (TPSA) is 52.9 Å². The molecule has 0 aliphatic carbocycles. The van der Waals surface area contributed by atoms with Gasteiger partial charge >= 0.3 is 5.97 Å². The minimum absolute atomic E-state index is 0.0546. The van der Waals surface area contributed by atoms with Gasteiger partial charge in [-0.3, -0.25) is 0 Å². The molecule has 25 heavy (non-hydrogen) atoms. The highest BCUT2D eigenvalue weighted by Crippen LogP contribution is 2.45. The standard InChI is InChI=1S/C19H18ClIN2O2/c1-19(2,3)11-7-9-12(10-8-11)23-14-6-4-5-13(20)15(14)22-16(17(23)21)18(24)25/h4-10,17H,1-3H3,(H,24,25). The van der Waals surface area contributed by atoms with Gasteiger partial charge in [0.25, 0.3) is 0 Å². The van der Waals surface area contributed by atoms with Crippen LogP contribution in [0.1, 0.15) is 26.3 Å². The van der Waals surface area contributed by atoms with Crippen LogP contribution in [0.25, 0.3) is 0 Å². The lowest BCUT2D eigenvalue weighted by Crippen LogP contribution is -2.39. The smallest absolute Gasteiger partial charge is 0.353 e. The zero-order chi connectivity index (χ0) is 18.4. The predicted molar refractivity (Wildman–Crippen MR) is 111 cm³/mol. The Morgan fingerprint density at radius 3 is 2.40 bits per heavy atom. The van der Waals surface area contributed by atoms with Crippen molar-refractivity contribution in [3.63, 3.8) is 0 Å². The van der Waals surface area contributed by atoms with E-state index >= 15 is 0 Å². The summed E-state index contributed by atoms with van der Waals surface area (Å²) in [7, 11) is 0. The normalized spacial score (nSPS) is 17.1.